The van der Waals surface area contributed by atoms with Crippen molar-refractivity contribution >= 4 is 40.4 Å². The molecule has 5 rings (SSSR count). The van der Waals surface area contributed by atoms with Crippen molar-refractivity contribution < 1.29 is 27.6 Å². The van der Waals surface area contributed by atoms with Crippen LogP contribution in [0.25, 0.3) is 0 Å². The van der Waals surface area contributed by atoms with Crippen LogP contribution in [-0.2, 0) is 17.4 Å². The standard InChI is InChI=1S/C33H38F3N5O3S/c1-21-7-3-4-8-27(21)40-17-12-23(13-18-40)19-24-10-11-25(31(43)37-14-6-16-41-15-5-9-28(41)42)20-26(24)39-32(44)29-30(33(34,35)36)38-22(2)45-29/h3-4,7-8,10-11,20,23H,5-6,9,12-19H2,1-2H3,(H,37,43)(H,39,44). The number of para-hydroxylation sites is 1. The first-order valence-electron chi connectivity index (χ1n) is 15.3. The Balaban J connectivity index is 1.30. The number of carbonyl (C=O) groups excluding carboxylic acids is 3. The van der Waals surface area contributed by atoms with E-state index in [1.165, 1.54) is 24.2 Å². The van der Waals surface area contributed by atoms with Gasteiger partial charge in [-0.1, -0.05) is 24.3 Å². The molecule has 2 aromatic carbocycles. The molecule has 0 aliphatic carbocycles. The molecule has 2 N–H and O–H groups in total. The molecule has 2 saturated heterocycles. The first-order chi connectivity index (χ1) is 21.5. The summed E-state index contributed by atoms with van der Waals surface area (Å²) in [4.78, 5) is 45.3. The van der Waals surface area contributed by atoms with E-state index in [1.54, 1.807) is 17.0 Å². The molecule has 2 fully saturated rings. The zero-order valence-electron chi connectivity index (χ0n) is 25.5. The maximum atomic E-state index is 13.7. The predicted molar refractivity (Wildman–Crippen MR) is 169 cm³/mol. The van der Waals surface area contributed by atoms with Gasteiger partial charge in [0.15, 0.2) is 5.69 Å². The number of halogens is 3. The third kappa shape index (κ3) is 8.02. The van der Waals surface area contributed by atoms with Crippen LogP contribution in [0.5, 0.6) is 0 Å². The second-order valence-electron chi connectivity index (χ2n) is 11.7. The molecule has 2 aliphatic heterocycles. The Morgan fingerprint density at radius 3 is 2.49 bits per heavy atom. The van der Waals surface area contributed by atoms with Crippen molar-refractivity contribution in [3.8, 4) is 0 Å². The highest BCUT2D eigenvalue weighted by molar-refractivity contribution is 7.13. The lowest BCUT2D eigenvalue weighted by atomic mass is 9.88. The van der Waals surface area contributed by atoms with Gasteiger partial charge >= 0.3 is 6.18 Å². The van der Waals surface area contributed by atoms with E-state index in [-0.39, 0.29) is 22.4 Å². The Morgan fingerprint density at radius 1 is 1.04 bits per heavy atom. The molecule has 0 atom stereocenters. The van der Waals surface area contributed by atoms with Crippen molar-refractivity contribution in [1.29, 1.82) is 0 Å². The van der Waals surface area contributed by atoms with E-state index in [1.807, 2.05) is 12.1 Å². The lowest BCUT2D eigenvalue weighted by Crippen LogP contribution is -2.34. The molecule has 45 heavy (non-hydrogen) atoms. The number of rotatable bonds is 10. The highest BCUT2D eigenvalue weighted by Gasteiger charge is 2.39. The van der Waals surface area contributed by atoms with Gasteiger partial charge in [0.25, 0.3) is 11.8 Å². The first kappa shape index (κ1) is 32.5. The molecule has 12 heteroatoms. The van der Waals surface area contributed by atoms with Crippen LogP contribution in [0, 0.1) is 19.8 Å². The van der Waals surface area contributed by atoms with Crippen molar-refractivity contribution in [2.24, 2.45) is 5.92 Å². The Bertz CT molecular complexity index is 1550. The summed E-state index contributed by atoms with van der Waals surface area (Å²) in [5, 5.41) is 5.68. The van der Waals surface area contributed by atoms with Gasteiger partial charge in [0.2, 0.25) is 5.91 Å². The van der Waals surface area contributed by atoms with Crippen LogP contribution >= 0.6 is 11.3 Å². The number of aryl methyl sites for hydroxylation is 2. The Kier molecular flexibility index (Phi) is 10.1. The molecule has 0 unspecified atom stereocenters. The normalized spacial score (nSPS) is 15.9. The topological polar surface area (TPSA) is 94.6 Å². The number of alkyl halides is 3. The molecule has 1 aromatic heterocycles. The summed E-state index contributed by atoms with van der Waals surface area (Å²) >= 11 is 0.688. The van der Waals surface area contributed by atoms with Crippen molar-refractivity contribution in [3.63, 3.8) is 0 Å². The number of anilines is 2. The zero-order chi connectivity index (χ0) is 32.1. The number of nitrogens with zero attached hydrogens (tertiary/aromatic N) is 3. The molecule has 0 bridgehead atoms. The number of thiazole rings is 1. The molecular weight excluding hydrogens is 603 g/mol. The summed E-state index contributed by atoms with van der Waals surface area (Å²) < 4.78 is 41.0. The van der Waals surface area contributed by atoms with Crippen LogP contribution in [0.3, 0.4) is 0 Å². The molecule has 3 heterocycles. The number of likely N-dealkylation sites (tertiary alicyclic amines) is 1. The number of hydrogen-bond donors (Lipinski definition) is 2. The van der Waals surface area contributed by atoms with E-state index >= 15 is 0 Å². The van der Waals surface area contributed by atoms with Crippen LogP contribution in [0.4, 0.5) is 24.5 Å². The average Bonchev–Trinajstić information content (AvgIpc) is 3.62. The third-order valence-corrected chi connectivity index (χ3v) is 9.44. The second-order valence-corrected chi connectivity index (χ2v) is 13.0. The van der Waals surface area contributed by atoms with E-state index in [0.717, 1.165) is 44.5 Å². The van der Waals surface area contributed by atoms with Gasteiger partial charge < -0.3 is 20.4 Å². The first-order valence-corrected chi connectivity index (χ1v) is 16.2. The van der Waals surface area contributed by atoms with Gasteiger partial charge in [0, 0.05) is 56.1 Å². The average molecular weight is 642 g/mol. The van der Waals surface area contributed by atoms with Gasteiger partial charge in [-0.3, -0.25) is 14.4 Å². The molecule has 3 amide bonds. The summed E-state index contributed by atoms with van der Waals surface area (Å²) in [7, 11) is 0. The number of amides is 3. The molecule has 0 spiro atoms. The van der Waals surface area contributed by atoms with Gasteiger partial charge in [-0.15, -0.1) is 11.3 Å². The molecule has 0 radical (unpaired) electrons. The number of nitrogens with one attached hydrogen (secondary N) is 2. The summed E-state index contributed by atoms with van der Waals surface area (Å²) in [6.07, 6.45) is -0.325. The Labute approximate surface area is 265 Å². The maximum absolute atomic E-state index is 13.7. The van der Waals surface area contributed by atoms with Crippen LogP contribution in [-0.4, -0.2) is 60.3 Å². The molecule has 2 aliphatic rings. The minimum Gasteiger partial charge on any atom is -0.371 e. The molecule has 0 saturated carbocycles. The predicted octanol–water partition coefficient (Wildman–Crippen LogP) is 6.23. The van der Waals surface area contributed by atoms with Gasteiger partial charge in [-0.2, -0.15) is 13.2 Å². The van der Waals surface area contributed by atoms with E-state index in [0.29, 0.717) is 55.3 Å². The summed E-state index contributed by atoms with van der Waals surface area (Å²) in [5.74, 6) is -0.842. The van der Waals surface area contributed by atoms with E-state index in [9.17, 15) is 27.6 Å². The highest BCUT2D eigenvalue weighted by atomic mass is 32.1. The van der Waals surface area contributed by atoms with Gasteiger partial charge in [0.05, 0.1) is 5.01 Å². The minimum atomic E-state index is -4.77. The highest BCUT2D eigenvalue weighted by Crippen LogP contribution is 2.35. The van der Waals surface area contributed by atoms with Crippen LogP contribution in [0.2, 0.25) is 0 Å². The maximum Gasteiger partial charge on any atom is 0.435 e. The number of benzene rings is 2. The monoisotopic (exact) mass is 641 g/mol. The summed E-state index contributed by atoms with van der Waals surface area (Å²) in [6.45, 7) is 6.93. The summed E-state index contributed by atoms with van der Waals surface area (Å²) in [5.41, 5.74) is 2.59. The zero-order valence-corrected chi connectivity index (χ0v) is 26.3. The van der Waals surface area contributed by atoms with Gasteiger partial charge in [0.1, 0.15) is 4.88 Å². The van der Waals surface area contributed by atoms with Crippen LogP contribution in [0.1, 0.15) is 74.0 Å². The SMILES string of the molecule is Cc1nc(C(F)(F)F)c(C(=O)Nc2cc(C(=O)NCCCN3CCCC3=O)ccc2CC2CCN(c3ccccc3C)CC2)s1. The van der Waals surface area contributed by atoms with Crippen molar-refractivity contribution in [2.75, 3.05) is 42.9 Å². The smallest absolute Gasteiger partial charge is 0.371 e. The summed E-state index contributed by atoms with van der Waals surface area (Å²) in [6, 6.07) is 13.3. The fourth-order valence-electron chi connectivity index (χ4n) is 6.09. The number of aromatic nitrogens is 1. The molecule has 240 valence electrons. The van der Waals surface area contributed by atoms with Crippen LogP contribution < -0.4 is 15.5 Å². The third-order valence-electron chi connectivity index (χ3n) is 8.47. The lowest BCUT2D eigenvalue weighted by molar-refractivity contribution is -0.141. The molecular formula is C33H38F3N5O3S. The fourth-order valence-corrected chi connectivity index (χ4v) is 6.92. The largest absolute Gasteiger partial charge is 0.435 e. The lowest BCUT2D eigenvalue weighted by Gasteiger charge is -2.34. The molecule has 8 nitrogen and oxygen atoms in total. The quantitative estimate of drug-likeness (QED) is 0.256. The van der Waals surface area contributed by atoms with E-state index in [2.05, 4.69) is 39.6 Å². The van der Waals surface area contributed by atoms with E-state index < -0.39 is 22.7 Å². The van der Waals surface area contributed by atoms with Gasteiger partial charge in [-0.25, -0.2) is 4.98 Å². The number of carbonyl (C=O) groups is 3. The Hall–Kier alpha value is -3.93. The van der Waals surface area contributed by atoms with Crippen molar-refractivity contribution in [2.45, 2.75) is 58.5 Å². The van der Waals surface area contributed by atoms with Crippen LogP contribution in [0.15, 0.2) is 42.5 Å². The van der Waals surface area contributed by atoms with E-state index in [4.69, 9.17) is 0 Å². The second kappa shape index (κ2) is 14.0. The molecule has 3 aromatic rings. The number of hydrogen-bond acceptors (Lipinski definition) is 6. The Morgan fingerprint density at radius 2 is 1.80 bits per heavy atom. The minimum absolute atomic E-state index is 0.128. The fraction of sp³-hybridized carbons (Fsp3) is 0.455. The van der Waals surface area contributed by atoms with Crippen molar-refractivity contribution in [3.05, 3.63) is 74.7 Å². The van der Waals surface area contributed by atoms with Crippen molar-refractivity contribution in [1.82, 2.24) is 15.2 Å². The number of piperidine rings is 1. The van der Waals surface area contributed by atoms with Gasteiger partial charge in [-0.05, 0) is 81.2 Å².